The minimum atomic E-state index is -4.49. The first-order chi connectivity index (χ1) is 13.9. The van der Waals surface area contributed by atoms with Gasteiger partial charge in [0.25, 0.3) is 5.91 Å². The Balaban J connectivity index is 1.68. The molecule has 3 heterocycles. The van der Waals surface area contributed by atoms with E-state index in [-0.39, 0.29) is 11.6 Å². The summed E-state index contributed by atoms with van der Waals surface area (Å²) in [6, 6.07) is 8.03. The minimum Gasteiger partial charge on any atom is -0.330 e. The topological polar surface area (TPSA) is 61.9 Å². The summed E-state index contributed by atoms with van der Waals surface area (Å²) in [5, 5.41) is 7.16. The van der Waals surface area contributed by atoms with E-state index in [4.69, 9.17) is 0 Å². The third kappa shape index (κ3) is 3.87. The Morgan fingerprint density at radius 1 is 1.14 bits per heavy atom. The number of aromatic amines is 1. The lowest BCUT2D eigenvalue weighted by Crippen LogP contribution is -2.39. The number of aromatic nitrogens is 3. The average Bonchev–Trinajstić information content (AvgIpc) is 3.23. The SMILES string of the molecule is O=C(c1cccc(C(F)(F)F)c1)N1CCCCC1c1[nH]ncc1-c1ccncc1. The Morgan fingerprint density at radius 2 is 1.93 bits per heavy atom. The highest BCUT2D eigenvalue weighted by Crippen LogP contribution is 2.37. The molecule has 0 radical (unpaired) electrons. The van der Waals surface area contributed by atoms with Crippen molar-refractivity contribution in [3.63, 3.8) is 0 Å². The van der Waals surface area contributed by atoms with Crippen molar-refractivity contribution in [2.75, 3.05) is 6.54 Å². The molecule has 1 unspecified atom stereocenters. The molecule has 1 aliphatic heterocycles. The second kappa shape index (κ2) is 7.69. The number of likely N-dealkylation sites (tertiary alicyclic amines) is 1. The first-order valence-electron chi connectivity index (χ1n) is 9.37. The minimum absolute atomic E-state index is 0.0386. The van der Waals surface area contributed by atoms with Gasteiger partial charge in [-0.1, -0.05) is 6.07 Å². The number of benzene rings is 1. The van der Waals surface area contributed by atoms with Gasteiger partial charge in [0.2, 0.25) is 0 Å². The summed E-state index contributed by atoms with van der Waals surface area (Å²) >= 11 is 0. The van der Waals surface area contributed by atoms with Crippen LogP contribution in [-0.4, -0.2) is 32.5 Å². The Labute approximate surface area is 165 Å². The van der Waals surface area contributed by atoms with Crippen LogP contribution in [0.3, 0.4) is 0 Å². The predicted octanol–water partition coefficient (Wildman–Crippen LogP) is 4.86. The lowest BCUT2D eigenvalue weighted by Gasteiger charge is -2.36. The van der Waals surface area contributed by atoms with Gasteiger partial charge in [-0.3, -0.25) is 14.9 Å². The molecule has 1 fully saturated rings. The zero-order chi connectivity index (χ0) is 20.4. The normalized spacial score (nSPS) is 17.3. The lowest BCUT2D eigenvalue weighted by molar-refractivity contribution is -0.137. The van der Waals surface area contributed by atoms with E-state index in [1.165, 1.54) is 12.1 Å². The van der Waals surface area contributed by atoms with Crippen LogP contribution >= 0.6 is 0 Å². The Bertz CT molecular complexity index is 1000. The number of hydrogen-bond acceptors (Lipinski definition) is 3. The van der Waals surface area contributed by atoms with Crippen LogP contribution in [0.1, 0.15) is 46.9 Å². The van der Waals surface area contributed by atoms with E-state index in [9.17, 15) is 18.0 Å². The van der Waals surface area contributed by atoms with Crippen LogP contribution in [0.4, 0.5) is 13.2 Å². The van der Waals surface area contributed by atoms with Crippen LogP contribution in [0, 0.1) is 0 Å². The monoisotopic (exact) mass is 400 g/mol. The van der Waals surface area contributed by atoms with Gasteiger partial charge >= 0.3 is 6.18 Å². The summed E-state index contributed by atoms with van der Waals surface area (Å²) < 4.78 is 39.2. The van der Waals surface area contributed by atoms with Gasteiger partial charge in [0.15, 0.2) is 0 Å². The van der Waals surface area contributed by atoms with Crippen molar-refractivity contribution in [1.82, 2.24) is 20.1 Å². The van der Waals surface area contributed by atoms with Gasteiger partial charge in [-0.25, -0.2) is 0 Å². The molecule has 1 N–H and O–H groups in total. The van der Waals surface area contributed by atoms with E-state index in [2.05, 4.69) is 15.2 Å². The van der Waals surface area contributed by atoms with Gasteiger partial charge in [0, 0.05) is 30.1 Å². The molecule has 1 amide bonds. The highest BCUT2D eigenvalue weighted by Gasteiger charge is 2.34. The van der Waals surface area contributed by atoms with Crippen molar-refractivity contribution in [2.45, 2.75) is 31.5 Å². The number of amides is 1. The maximum absolute atomic E-state index is 13.1. The summed E-state index contributed by atoms with van der Waals surface area (Å²) in [5.74, 6) is -0.406. The van der Waals surface area contributed by atoms with Crippen LogP contribution in [0.5, 0.6) is 0 Å². The van der Waals surface area contributed by atoms with Crippen LogP contribution in [-0.2, 0) is 6.18 Å². The van der Waals surface area contributed by atoms with Crippen LogP contribution in [0.15, 0.2) is 55.0 Å². The molecule has 4 rings (SSSR count). The molecular weight excluding hydrogens is 381 g/mol. The highest BCUT2D eigenvalue weighted by atomic mass is 19.4. The number of alkyl halides is 3. The number of piperidine rings is 1. The van der Waals surface area contributed by atoms with E-state index in [0.29, 0.717) is 13.0 Å². The number of carbonyl (C=O) groups excluding carboxylic acids is 1. The van der Waals surface area contributed by atoms with Gasteiger partial charge in [-0.2, -0.15) is 18.3 Å². The Hall–Kier alpha value is -3.16. The summed E-state index contributed by atoms with van der Waals surface area (Å²) in [6.07, 6.45) is 3.01. The second-order valence-corrected chi connectivity index (χ2v) is 7.02. The smallest absolute Gasteiger partial charge is 0.330 e. The largest absolute Gasteiger partial charge is 0.416 e. The molecule has 5 nitrogen and oxygen atoms in total. The van der Waals surface area contributed by atoms with Crippen molar-refractivity contribution >= 4 is 5.91 Å². The average molecular weight is 400 g/mol. The van der Waals surface area contributed by atoms with E-state index in [0.717, 1.165) is 41.8 Å². The van der Waals surface area contributed by atoms with Crippen LogP contribution in [0.2, 0.25) is 0 Å². The van der Waals surface area contributed by atoms with Crippen molar-refractivity contribution in [1.29, 1.82) is 0 Å². The molecule has 0 aliphatic carbocycles. The summed E-state index contributed by atoms with van der Waals surface area (Å²) in [6.45, 7) is 0.481. The summed E-state index contributed by atoms with van der Waals surface area (Å²) in [4.78, 5) is 18.8. The van der Waals surface area contributed by atoms with Crippen LogP contribution in [0.25, 0.3) is 11.1 Å². The Morgan fingerprint density at radius 3 is 2.69 bits per heavy atom. The molecule has 3 aromatic rings. The number of H-pyrrole nitrogens is 1. The highest BCUT2D eigenvalue weighted by molar-refractivity contribution is 5.95. The summed E-state index contributed by atoms with van der Waals surface area (Å²) in [7, 11) is 0. The van der Waals surface area contributed by atoms with Gasteiger partial charge in [0.1, 0.15) is 0 Å². The number of nitrogens with zero attached hydrogens (tertiary/aromatic N) is 3. The zero-order valence-electron chi connectivity index (χ0n) is 15.5. The first-order valence-corrected chi connectivity index (χ1v) is 9.37. The zero-order valence-corrected chi connectivity index (χ0v) is 15.5. The molecule has 1 aromatic carbocycles. The third-order valence-corrected chi connectivity index (χ3v) is 5.19. The molecule has 1 saturated heterocycles. The fraction of sp³-hybridized carbons (Fsp3) is 0.286. The molecule has 0 bridgehead atoms. The van der Waals surface area contributed by atoms with Crippen LogP contribution < -0.4 is 0 Å². The number of carbonyl (C=O) groups is 1. The van der Waals surface area contributed by atoms with Crippen molar-refractivity contribution < 1.29 is 18.0 Å². The van der Waals surface area contributed by atoms with E-state index in [1.54, 1.807) is 23.5 Å². The molecule has 0 spiro atoms. The standard InChI is InChI=1S/C21H19F3N4O/c22-21(23,24)16-5-3-4-15(12-16)20(29)28-11-2-1-6-18(28)19-17(13-26-27-19)14-7-9-25-10-8-14/h3-5,7-10,12-13,18H,1-2,6,11H2,(H,26,27). The first kappa shape index (κ1) is 19.2. The molecule has 29 heavy (non-hydrogen) atoms. The van der Waals surface area contributed by atoms with E-state index in [1.807, 2.05) is 12.1 Å². The van der Waals surface area contributed by atoms with Crippen molar-refractivity contribution in [3.05, 3.63) is 71.8 Å². The van der Waals surface area contributed by atoms with Crippen molar-refractivity contribution in [3.8, 4) is 11.1 Å². The maximum Gasteiger partial charge on any atom is 0.416 e. The number of halogens is 3. The fourth-order valence-electron chi connectivity index (χ4n) is 3.78. The molecular formula is C21H19F3N4O. The molecule has 8 heteroatoms. The molecule has 2 aromatic heterocycles. The van der Waals surface area contributed by atoms with Gasteiger partial charge in [-0.15, -0.1) is 0 Å². The summed E-state index contributed by atoms with van der Waals surface area (Å²) in [5.41, 5.74) is 1.78. The predicted molar refractivity (Wildman–Crippen MR) is 101 cm³/mol. The van der Waals surface area contributed by atoms with Gasteiger partial charge < -0.3 is 4.90 Å². The van der Waals surface area contributed by atoms with Crippen molar-refractivity contribution in [2.24, 2.45) is 0 Å². The molecule has 150 valence electrons. The maximum atomic E-state index is 13.1. The quantitative estimate of drug-likeness (QED) is 0.683. The van der Waals surface area contributed by atoms with E-state index >= 15 is 0 Å². The third-order valence-electron chi connectivity index (χ3n) is 5.19. The fourth-order valence-corrected chi connectivity index (χ4v) is 3.78. The van der Waals surface area contributed by atoms with E-state index < -0.39 is 17.6 Å². The Kier molecular flexibility index (Phi) is 5.08. The van der Waals surface area contributed by atoms with Gasteiger partial charge in [-0.05, 0) is 55.2 Å². The number of rotatable bonds is 3. The van der Waals surface area contributed by atoms with Gasteiger partial charge in [0.05, 0.1) is 23.5 Å². The number of hydrogen-bond donors (Lipinski definition) is 1. The molecule has 1 aliphatic rings. The number of nitrogens with one attached hydrogen (secondary N) is 1. The lowest BCUT2D eigenvalue weighted by atomic mass is 9.94. The molecule has 1 atom stereocenters. The molecule has 0 saturated carbocycles. The second-order valence-electron chi connectivity index (χ2n) is 7.02. The number of pyridine rings is 1.